The summed E-state index contributed by atoms with van der Waals surface area (Å²) < 4.78 is 40.5. The Labute approximate surface area is 168 Å². The molecule has 1 heterocycles. The maximum atomic E-state index is 12.7. The highest BCUT2D eigenvalue weighted by Crippen LogP contribution is 2.31. The standard InChI is InChI=1S/C20H31NO6S/c1-14(2)20(22)21(13-17-7-6-10-26-17)12-16-8-9-18(25-5)19(11-16)27-28(23,24)15(3)4/h8-9,11,14-15,17H,6-7,10,12-13H2,1-5H3/t17-/m0/s1. The molecule has 0 spiro atoms. The molecular weight excluding hydrogens is 382 g/mol. The molecule has 1 atom stereocenters. The summed E-state index contributed by atoms with van der Waals surface area (Å²) in [5.41, 5.74) is 0.766. The van der Waals surface area contributed by atoms with Gasteiger partial charge < -0.3 is 18.6 Å². The normalized spacial score (nSPS) is 17.2. The van der Waals surface area contributed by atoms with Crippen molar-refractivity contribution >= 4 is 16.0 Å². The molecule has 1 fully saturated rings. The molecule has 1 aromatic carbocycles. The largest absolute Gasteiger partial charge is 0.493 e. The highest BCUT2D eigenvalue weighted by molar-refractivity contribution is 7.87. The fraction of sp³-hybridized carbons (Fsp3) is 0.650. The first kappa shape index (κ1) is 22.5. The maximum Gasteiger partial charge on any atom is 0.311 e. The third kappa shape index (κ3) is 5.85. The van der Waals surface area contributed by atoms with Crippen molar-refractivity contribution < 1.29 is 26.9 Å². The van der Waals surface area contributed by atoms with E-state index in [2.05, 4.69) is 0 Å². The molecule has 2 rings (SSSR count). The molecule has 1 aliphatic heterocycles. The van der Waals surface area contributed by atoms with Gasteiger partial charge in [-0.2, -0.15) is 8.42 Å². The van der Waals surface area contributed by atoms with E-state index in [-0.39, 0.29) is 23.7 Å². The maximum absolute atomic E-state index is 12.7. The van der Waals surface area contributed by atoms with Gasteiger partial charge in [0.05, 0.1) is 18.5 Å². The van der Waals surface area contributed by atoms with Crippen LogP contribution in [0.3, 0.4) is 0 Å². The van der Waals surface area contributed by atoms with Crippen LogP contribution in [0, 0.1) is 5.92 Å². The first-order valence-electron chi connectivity index (χ1n) is 9.64. The number of nitrogens with zero attached hydrogens (tertiary/aromatic N) is 1. The van der Waals surface area contributed by atoms with Gasteiger partial charge in [-0.1, -0.05) is 19.9 Å². The second-order valence-corrected chi connectivity index (χ2v) is 9.71. The molecule has 0 N–H and O–H groups in total. The van der Waals surface area contributed by atoms with Crippen molar-refractivity contribution in [2.24, 2.45) is 5.92 Å². The number of hydrogen-bond acceptors (Lipinski definition) is 6. The lowest BCUT2D eigenvalue weighted by Gasteiger charge is -2.27. The lowest BCUT2D eigenvalue weighted by molar-refractivity contribution is -0.136. The summed E-state index contributed by atoms with van der Waals surface area (Å²) in [6, 6.07) is 5.09. The summed E-state index contributed by atoms with van der Waals surface area (Å²) in [5, 5.41) is -0.681. The van der Waals surface area contributed by atoms with Crippen molar-refractivity contribution in [1.82, 2.24) is 4.90 Å². The average Bonchev–Trinajstić information content (AvgIpc) is 3.13. The second-order valence-electron chi connectivity index (χ2n) is 7.62. The molecule has 0 aliphatic carbocycles. The van der Waals surface area contributed by atoms with E-state index in [0.717, 1.165) is 25.0 Å². The van der Waals surface area contributed by atoms with Crippen LogP contribution in [0.25, 0.3) is 0 Å². The summed E-state index contributed by atoms with van der Waals surface area (Å²) in [4.78, 5) is 14.4. The summed E-state index contributed by atoms with van der Waals surface area (Å²) in [6.45, 7) is 8.42. The van der Waals surface area contributed by atoms with Crippen LogP contribution in [0.4, 0.5) is 0 Å². The van der Waals surface area contributed by atoms with Gasteiger partial charge in [-0.05, 0) is 44.4 Å². The van der Waals surface area contributed by atoms with E-state index in [1.54, 1.807) is 30.9 Å². The van der Waals surface area contributed by atoms with E-state index in [4.69, 9.17) is 13.7 Å². The second kappa shape index (κ2) is 9.60. The van der Waals surface area contributed by atoms with E-state index < -0.39 is 15.4 Å². The highest BCUT2D eigenvalue weighted by atomic mass is 32.2. The van der Waals surface area contributed by atoms with Gasteiger partial charge in [-0.3, -0.25) is 4.79 Å². The molecule has 0 unspecified atom stereocenters. The van der Waals surface area contributed by atoms with Crippen LogP contribution in [0.15, 0.2) is 18.2 Å². The molecule has 0 saturated carbocycles. The van der Waals surface area contributed by atoms with Gasteiger partial charge in [-0.15, -0.1) is 0 Å². The number of hydrogen-bond donors (Lipinski definition) is 0. The van der Waals surface area contributed by atoms with Crippen LogP contribution in [0.2, 0.25) is 0 Å². The molecule has 8 heteroatoms. The molecule has 28 heavy (non-hydrogen) atoms. The predicted octanol–water partition coefficient (Wildman–Crippen LogP) is 2.98. The molecule has 0 radical (unpaired) electrons. The van der Waals surface area contributed by atoms with Crippen LogP contribution in [0.1, 0.15) is 46.1 Å². The topological polar surface area (TPSA) is 82.1 Å². The Bertz CT molecular complexity index is 769. The van der Waals surface area contributed by atoms with Gasteiger partial charge in [0.1, 0.15) is 0 Å². The fourth-order valence-electron chi connectivity index (χ4n) is 2.96. The Morgan fingerprint density at radius 1 is 1.25 bits per heavy atom. The Morgan fingerprint density at radius 2 is 1.96 bits per heavy atom. The molecule has 1 amide bonds. The average molecular weight is 414 g/mol. The first-order chi connectivity index (χ1) is 13.1. The molecule has 7 nitrogen and oxygen atoms in total. The zero-order chi connectivity index (χ0) is 20.9. The van der Waals surface area contributed by atoms with Crippen LogP contribution in [0.5, 0.6) is 11.5 Å². The van der Waals surface area contributed by atoms with Crippen molar-refractivity contribution in [2.75, 3.05) is 20.3 Å². The summed E-state index contributed by atoms with van der Waals surface area (Å²) >= 11 is 0. The van der Waals surface area contributed by atoms with Gasteiger partial charge in [0.25, 0.3) is 0 Å². The fourth-order valence-corrected chi connectivity index (χ4v) is 3.53. The van der Waals surface area contributed by atoms with Crippen molar-refractivity contribution in [3.8, 4) is 11.5 Å². The minimum absolute atomic E-state index is 0.0311. The van der Waals surface area contributed by atoms with E-state index in [1.165, 1.54) is 7.11 Å². The number of rotatable bonds is 9. The van der Waals surface area contributed by atoms with Crippen molar-refractivity contribution in [1.29, 1.82) is 0 Å². The molecule has 0 aromatic heterocycles. The molecule has 158 valence electrons. The third-order valence-electron chi connectivity index (χ3n) is 4.64. The molecule has 0 bridgehead atoms. The molecule has 1 aliphatic rings. The highest BCUT2D eigenvalue weighted by Gasteiger charge is 2.25. The van der Waals surface area contributed by atoms with Gasteiger partial charge in [-0.25, -0.2) is 0 Å². The van der Waals surface area contributed by atoms with E-state index in [1.807, 2.05) is 19.9 Å². The van der Waals surface area contributed by atoms with Crippen molar-refractivity contribution in [3.63, 3.8) is 0 Å². The summed E-state index contributed by atoms with van der Waals surface area (Å²) in [5.74, 6) is 0.344. The van der Waals surface area contributed by atoms with Gasteiger partial charge in [0.15, 0.2) is 11.5 Å². The van der Waals surface area contributed by atoms with Crippen LogP contribution in [-0.4, -0.2) is 50.8 Å². The number of benzene rings is 1. The number of methoxy groups -OCH3 is 1. The van der Waals surface area contributed by atoms with Crippen molar-refractivity contribution in [3.05, 3.63) is 23.8 Å². The van der Waals surface area contributed by atoms with Crippen LogP contribution >= 0.6 is 0 Å². The van der Waals surface area contributed by atoms with E-state index in [0.29, 0.717) is 18.8 Å². The van der Waals surface area contributed by atoms with Crippen LogP contribution in [-0.2, 0) is 26.2 Å². The SMILES string of the molecule is COc1ccc(CN(C[C@@H]2CCCO2)C(=O)C(C)C)cc1OS(=O)(=O)C(C)C. The van der Waals surface area contributed by atoms with E-state index in [9.17, 15) is 13.2 Å². The number of amides is 1. The summed E-state index contributed by atoms with van der Waals surface area (Å²) in [7, 11) is -2.30. The zero-order valence-corrected chi connectivity index (χ0v) is 18.1. The Hall–Kier alpha value is -1.80. The zero-order valence-electron chi connectivity index (χ0n) is 17.3. The number of carbonyl (C=O) groups is 1. The summed E-state index contributed by atoms with van der Waals surface area (Å²) in [6.07, 6.45) is 1.98. The van der Waals surface area contributed by atoms with Gasteiger partial charge >= 0.3 is 10.1 Å². The minimum Gasteiger partial charge on any atom is -0.493 e. The van der Waals surface area contributed by atoms with Crippen molar-refractivity contribution in [2.45, 2.75) is 58.4 Å². The smallest absolute Gasteiger partial charge is 0.311 e. The lowest BCUT2D eigenvalue weighted by Crippen LogP contribution is -2.39. The predicted molar refractivity (Wildman–Crippen MR) is 107 cm³/mol. The first-order valence-corrected chi connectivity index (χ1v) is 11.1. The molecule has 1 aromatic rings. The van der Waals surface area contributed by atoms with Gasteiger partial charge in [0.2, 0.25) is 5.91 Å². The Balaban J connectivity index is 2.25. The van der Waals surface area contributed by atoms with E-state index >= 15 is 0 Å². The quantitative estimate of drug-likeness (QED) is 0.579. The molecular formula is C20H31NO6S. The monoisotopic (exact) mass is 413 g/mol. The number of ether oxygens (including phenoxy) is 2. The van der Waals surface area contributed by atoms with Crippen LogP contribution < -0.4 is 8.92 Å². The third-order valence-corrected chi connectivity index (χ3v) is 6.20. The Morgan fingerprint density at radius 3 is 2.50 bits per heavy atom. The van der Waals surface area contributed by atoms with Gasteiger partial charge in [0, 0.05) is 25.6 Å². The minimum atomic E-state index is -3.76. The molecule has 1 saturated heterocycles. The lowest BCUT2D eigenvalue weighted by atomic mass is 10.1. The Kier molecular flexibility index (Phi) is 7.71. The number of carbonyl (C=O) groups excluding carboxylic acids is 1.